The lowest BCUT2D eigenvalue weighted by Crippen LogP contribution is -1.91. The van der Waals surface area contributed by atoms with Crippen molar-refractivity contribution in [2.75, 3.05) is 0 Å². The van der Waals surface area contributed by atoms with E-state index >= 15 is 0 Å². The van der Waals surface area contributed by atoms with Gasteiger partial charge in [-0.25, -0.2) is 0 Å². The summed E-state index contributed by atoms with van der Waals surface area (Å²) < 4.78 is 11.8. The lowest BCUT2D eigenvalue weighted by molar-refractivity contribution is 0.669. The average Bonchev–Trinajstić information content (AvgIpc) is 3.88. The Labute approximate surface area is 300 Å². The van der Waals surface area contributed by atoms with Crippen LogP contribution in [-0.4, -0.2) is 0 Å². The number of fused-ring (bicyclic) bond motifs is 14. The number of hydrogen-bond acceptors (Lipinski definition) is 3. The van der Waals surface area contributed by atoms with Gasteiger partial charge in [0.05, 0.1) is 0 Å². The summed E-state index contributed by atoms with van der Waals surface area (Å²) in [7, 11) is 0. The van der Waals surface area contributed by atoms with Crippen LogP contribution in [0.5, 0.6) is 0 Å². The Morgan fingerprint density at radius 1 is 0.353 bits per heavy atom. The van der Waals surface area contributed by atoms with Gasteiger partial charge in [-0.15, -0.1) is 22.7 Å². The number of para-hydroxylation sites is 1. The molecule has 0 aliphatic carbocycles. The number of benzene rings is 9. The molecular weight excluding hydrogens is 657 g/mol. The molecule has 236 valence electrons. The van der Waals surface area contributed by atoms with Crippen molar-refractivity contribution in [3.05, 3.63) is 158 Å². The van der Waals surface area contributed by atoms with Crippen LogP contribution in [0.2, 0.25) is 0 Å². The van der Waals surface area contributed by atoms with Crippen LogP contribution in [-0.2, 0) is 0 Å². The lowest BCUT2D eigenvalue weighted by Gasteiger charge is -2.18. The van der Waals surface area contributed by atoms with Gasteiger partial charge in [-0.3, -0.25) is 0 Å². The monoisotopic (exact) mass is 682 g/mol. The van der Waals surface area contributed by atoms with Crippen molar-refractivity contribution in [2.24, 2.45) is 0 Å². The van der Waals surface area contributed by atoms with E-state index in [4.69, 9.17) is 4.42 Å². The van der Waals surface area contributed by atoms with Gasteiger partial charge in [-0.1, -0.05) is 127 Å². The third-order valence-corrected chi connectivity index (χ3v) is 13.2. The van der Waals surface area contributed by atoms with Crippen LogP contribution < -0.4 is 0 Å². The molecule has 0 unspecified atom stereocenters. The van der Waals surface area contributed by atoms with Crippen molar-refractivity contribution >= 4 is 117 Å². The van der Waals surface area contributed by atoms with E-state index in [0.29, 0.717) is 0 Å². The zero-order valence-corrected chi connectivity index (χ0v) is 28.9. The molecule has 0 spiro atoms. The van der Waals surface area contributed by atoms with Crippen molar-refractivity contribution in [3.8, 4) is 22.3 Å². The summed E-state index contributed by atoms with van der Waals surface area (Å²) in [5.41, 5.74) is 6.82. The molecule has 3 heterocycles. The Hall–Kier alpha value is -6.00. The van der Waals surface area contributed by atoms with Gasteiger partial charge in [0, 0.05) is 56.5 Å². The van der Waals surface area contributed by atoms with Gasteiger partial charge < -0.3 is 4.42 Å². The Balaban J connectivity index is 1.15. The first-order chi connectivity index (χ1) is 25.3. The summed E-state index contributed by atoms with van der Waals surface area (Å²) in [6.45, 7) is 0. The lowest BCUT2D eigenvalue weighted by atomic mass is 9.85. The molecule has 12 rings (SSSR count). The van der Waals surface area contributed by atoms with Gasteiger partial charge >= 0.3 is 0 Å². The van der Waals surface area contributed by atoms with Gasteiger partial charge in [0.2, 0.25) is 0 Å². The zero-order valence-electron chi connectivity index (χ0n) is 27.2. The van der Waals surface area contributed by atoms with Gasteiger partial charge in [-0.2, -0.15) is 0 Å². The fourth-order valence-corrected chi connectivity index (χ4v) is 11.1. The zero-order chi connectivity index (χ0) is 33.2. The van der Waals surface area contributed by atoms with Gasteiger partial charge in [0.25, 0.3) is 0 Å². The molecule has 0 aliphatic heterocycles. The minimum atomic E-state index is 0.918. The Kier molecular flexibility index (Phi) is 5.59. The molecule has 0 saturated heterocycles. The van der Waals surface area contributed by atoms with Crippen molar-refractivity contribution in [3.63, 3.8) is 0 Å². The first-order valence-electron chi connectivity index (χ1n) is 17.3. The Bertz CT molecular complexity index is 3370. The maximum atomic E-state index is 6.37. The second kappa shape index (κ2) is 10.3. The predicted molar refractivity (Wildman–Crippen MR) is 223 cm³/mol. The number of hydrogen-bond donors (Lipinski definition) is 0. The summed E-state index contributed by atoms with van der Waals surface area (Å²) in [5.74, 6) is 0. The number of rotatable bonds is 2. The standard InChI is InChI=1S/C48H26OS2/c1-3-13-32-30(11-1)43(31-12-2-4-14-33(31)45(32)37-16-9-18-39-46(37)35-15-5-7-17-38(35)49-39)28-21-24-36-42(26-28)50-41-25-22-27-20-23-34-29-10-6-8-19-40(29)51-48(34)44(27)47(36)41/h1-26H. The highest BCUT2D eigenvalue weighted by atomic mass is 32.1. The molecule has 0 atom stereocenters. The minimum Gasteiger partial charge on any atom is -0.456 e. The van der Waals surface area contributed by atoms with Crippen molar-refractivity contribution in [1.29, 1.82) is 0 Å². The van der Waals surface area contributed by atoms with Crippen LogP contribution in [0.25, 0.3) is 117 Å². The summed E-state index contributed by atoms with van der Waals surface area (Å²) >= 11 is 3.83. The van der Waals surface area contributed by atoms with Gasteiger partial charge in [0.1, 0.15) is 11.2 Å². The highest BCUT2D eigenvalue weighted by molar-refractivity contribution is 7.28. The summed E-state index contributed by atoms with van der Waals surface area (Å²) in [6, 6.07) is 58.0. The highest BCUT2D eigenvalue weighted by Gasteiger charge is 2.21. The van der Waals surface area contributed by atoms with E-state index in [1.54, 1.807) is 0 Å². The normalized spacial score (nSPS) is 12.3. The molecule has 1 nitrogen and oxygen atoms in total. The van der Waals surface area contributed by atoms with E-state index in [2.05, 4.69) is 152 Å². The summed E-state index contributed by atoms with van der Waals surface area (Å²) in [6.07, 6.45) is 0. The molecule has 0 aliphatic rings. The SMILES string of the molecule is c1ccc2c(c1)oc1cccc(-c3c4ccccc4c(-c4ccc5c(c4)sc4ccc6ccc7c8ccccc8sc7c6c45)c4ccccc34)c12. The number of furan rings is 1. The topological polar surface area (TPSA) is 13.1 Å². The highest BCUT2D eigenvalue weighted by Crippen LogP contribution is 2.49. The molecule has 0 N–H and O–H groups in total. The second-order valence-corrected chi connectivity index (χ2v) is 15.6. The smallest absolute Gasteiger partial charge is 0.136 e. The predicted octanol–water partition coefficient (Wildman–Crippen LogP) is 15.1. The molecule has 0 bridgehead atoms. The molecule has 0 amide bonds. The molecule has 0 saturated carbocycles. The third kappa shape index (κ3) is 3.80. The first-order valence-corrected chi connectivity index (χ1v) is 19.0. The van der Waals surface area contributed by atoms with E-state index in [0.717, 1.165) is 16.6 Å². The molecule has 0 radical (unpaired) electrons. The van der Waals surface area contributed by atoms with Crippen LogP contribution in [0.1, 0.15) is 0 Å². The van der Waals surface area contributed by atoms with Crippen LogP contribution in [0, 0.1) is 0 Å². The van der Waals surface area contributed by atoms with E-state index in [1.807, 2.05) is 28.7 Å². The molecule has 51 heavy (non-hydrogen) atoms. The fraction of sp³-hybridized carbons (Fsp3) is 0. The van der Waals surface area contributed by atoms with Gasteiger partial charge in [-0.05, 0) is 79.5 Å². The third-order valence-electron chi connectivity index (χ3n) is 10.9. The van der Waals surface area contributed by atoms with Crippen molar-refractivity contribution in [2.45, 2.75) is 0 Å². The Morgan fingerprint density at radius 2 is 1.00 bits per heavy atom. The summed E-state index contributed by atoms with van der Waals surface area (Å²) in [5, 5.41) is 15.4. The van der Waals surface area contributed by atoms with Crippen molar-refractivity contribution in [1.82, 2.24) is 0 Å². The molecule has 0 fully saturated rings. The molecule has 3 aromatic heterocycles. The van der Waals surface area contributed by atoms with Crippen LogP contribution in [0.15, 0.2) is 162 Å². The number of thiophene rings is 2. The van der Waals surface area contributed by atoms with Crippen LogP contribution in [0.3, 0.4) is 0 Å². The second-order valence-electron chi connectivity index (χ2n) is 13.5. The minimum absolute atomic E-state index is 0.918. The molecular formula is C48H26OS2. The van der Waals surface area contributed by atoms with Crippen LogP contribution in [0.4, 0.5) is 0 Å². The largest absolute Gasteiger partial charge is 0.456 e. The van der Waals surface area contributed by atoms with Gasteiger partial charge in [0.15, 0.2) is 0 Å². The van der Waals surface area contributed by atoms with E-state index in [-0.39, 0.29) is 0 Å². The Morgan fingerprint density at radius 3 is 1.80 bits per heavy atom. The van der Waals surface area contributed by atoms with E-state index in [9.17, 15) is 0 Å². The molecule has 3 heteroatoms. The van der Waals surface area contributed by atoms with Crippen molar-refractivity contribution < 1.29 is 4.42 Å². The van der Waals surface area contributed by atoms with E-state index in [1.165, 1.54) is 100 Å². The maximum absolute atomic E-state index is 6.37. The van der Waals surface area contributed by atoms with E-state index < -0.39 is 0 Å². The maximum Gasteiger partial charge on any atom is 0.136 e. The van der Waals surface area contributed by atoms with Crippen LogP contribution >= 0.6 is 22.7 Å². The quantitative estimate of drug-likeness (QED) is 0.165. The fourth-order valence-electron chi connectivity index (χ4n) is 8.73. The summed E-state index contributed by atoms with van der Waals surface area (Å²) in [4.78, 5) is 0. The molecule has 9 aromatic carbocycles. The average molecular weight is 683 g/mol. The molecule has 12 aromatic rings. The first kappa shape index (κ1) is 27.8.